The molecule has 0 atom stereocenters. The normalized spacial score (nSPS) is 11.3. The number of nitrogens with one attached hydrogen (secondary N) is 1. The summed E-state index contributed by atoms with van der Waals surface area (Å²) < 4.78 is 0. The molecular weight excluding hydrogens is 234 g/mol. The van der Waals surface area contributed by atoms with E-state index in [2.05, 4.69) is 43.2 Å². The highest BCUT2D eigenvalue weighted by atomic mass is 14.9. The standard InChI is InChI=1S/C16H21N3/c1-12-6-7-14(17)15(9-12)19-11-16(2,3)13-5-4-8-18-10-13/h4-10,19H,11,17H2,1-3H3. The average molecular weight is 255 g/mol. The first-order valence-electron chi connectivity index (χ1n) is 6.49. The molecule has 0 aliphatic carbocycles. The van der Waals surface area contributed by atoms with Gasteiger partial charge in [-0.1, -0.05) is 26.0 Å². The number of aromatic nitrogens is 1. The third-order valence-electron chi connectivity index (χ3n) is 3.37. The van der Waals surface area contributed by atoms with Crippen molar-refractivity contribution >= 4 is 11.4 Å². The molecule has 0 radical (unpaired) electrons. The van der Waals surface area contributed by atoms with E-state index in [0.29, 0.717) is 0 Å². The minimum atomic E-state index is 0.00441. The van der Waals surface area contributed by atoms with Crippen LogP contribution in [0, 0.1) is 6.92 Å². The summed E-state index contributed by atoms with van der Waals surface area (Å²) in [5.41, 5.74) is 10.2. The molecule has 0 saturated heterocycles. The molecular formula is C16H21N3. The summed E-state index contributed by atoms with van der Waals surface area (Å²) in [6.07, 6.45) is 3.72. The fourth-order valence-electron chi connectivity index (χ4n) is 2.00. The lowest BCUT2D eigenvalue weighted by molar-refractivity contribution is 0.555. The third kappa shape index (κ3) is 3.25. The van der Waals surface area contributed by atoms with E-state index in [1.165, 1.54) is 11.1 Å². The second-order valence-corrected chi connectivity index (χ2v) is 5.57. The number of rotatable bonds is 4. The minimum absolute atomic E-state index is 0.00441. The van der Waals surface area contributed by atoms with Gasteiger partial charge in [0.15, 0.2) is 0 Å². The van der Waals surface area contributed by atoms with E-state index in [4.69, 9.17) is 5.73 Å². The van der Waals surface area contributed by atoms with Crippen LogP contribution in [0.5, 0.6) is 0 Å². The topological polar surface area (TPSA) is 50.9 Å². The van der Waals surface area contributed by atoms with Crippen LogP contribution < -0.4 is 11.1 Å². The van der Waals surface area contributed by atoms with E-state index in [0.717, 1.165) is 17.9 Å². The van der Waals surface area contributed by atoms with Gasteiger partial charge in [-0.3, -0.25) is 4.98 Å². The van der Waals surface area contributed by atoms with Gasteiger partial charge in [-0.2, -0.15) is 0 Å². The highest BCUT2D eigenvalue weighted by molar-refractivity contribution is 5.67. The summed E-state index contributed by atoms with van der Waals surface area (Å²) in [4.78, 5) is 4.19. The van der Waals surface area contributed by atoms with E-state index >= 15 is 0 Å². The van der Waals surface area contributed by atoms with Gasteiger partial charge >= 0.3 is 0 Å². The second kappa shape index (κ2) is 5.31. The molecule has 2 rings (SSSR count). The van der Waals surface area contributed by atoms with Crippen LogP contribution in [0.4, 0.5) is 11.4 Å². The van der Waals surface area contributed by atoms with Crippen molar-refractivity contribution in [3.8, 4) is 0 Å². The Morgan fingerprint density at radius 1 is 1.26 bits per heavy atom. The van der Waals surface area contributed by atoms with Crippen LogP contribution >= 0.6 is 0 Å². The van der Waals surface area contributed by atoms with E-state index in [9.17, 15) is 0 Å². The molecule has 0 aliphatic heterocycles. The summed E-state index contributed by atoms with van der Waals surface area (Å²) >= 11 is 0. The molecule has 0 fully saturated rings. The molecule has 0 spiro atoms. The molecule has 0 bridgehead atoms. The Morgan fingerprint density at radius 3 is 2.74 bits per heavy atom. The molecule has 19 heavy (non-hydrogen) atoms. The number of hydrogen-bond donors (Lipinski definition) is 2. The average Bonchev–Trinajstić information content (AvgIpc) is 2.41. The zero-order chi connectivity index (χ0) is 13.9. The number of anilines is 2. The summed E-state index contributed by atoms with van der Waals surface area (Å²) in [6, 6.07) is 10.1. The van der Waals surface area contributed by atoms with Crippen LogP contribution in [-0.4, -0.2) is 11.5 Å². The fraction of sp³-hybridized carbons (Fsp3) is 0.312. The fourth-order valence-corrected chi connectivity index (χ4v) is 2.00. The monoisotopic (exact) mass is 255 g/mol. The first-order valence-corrected chi connectivity index (χ1v) is 6.49. The van der Waals surface area contributed by atoms with Crippen molar-refractivity contribution in [2.75, 3.05) is 17.6 Å². The van der Waals surface area contributed by atoms with Crippen LogP contribution in [-0.2, 0) is 5.41 Å². The van der Waals surface area contributed by atoms with Crippen molar-refractivity contribution in [1.29, 1.82) is 0 Å². The Kier molecular flexibility index (Phi) is 3.74. The van der Waals surface area contributed by atoms with E-state index < -0.39 is 0 Å². The van der Waals surface area contributed by atoms with E-state index in [1.54, 1.807) is 6.20 Å². The molecule has 0 amide bonds. The zero-order valence-corrected chi connectivity index (χ0v) is 11.8. The van der Waals surface area contributed by atoms with Gasteiger partial charge in [0.1, 0.15) is 0 Å². The maximum atomic E-state index is 5.98. The van der Waals surface area contributed by atoms with Crippen LogP contribution in [0.2, 0.25) is 0 Å². The number of pyridine rings is 1. The van der Waals surface area contributed by atoms with Crippen LogP contribution in [0.1, 0.15) is 25.0 Å². The lowest BCUT2D eigenvalue weighted by Gasteiger charge is -2.26. The molecule has 2 aromatic rings. The third-order valence-corrected chi connectivity index (χ3v) is 3.37. The molecule has 1 heterocycles. The number of nitrogens with zero attached hydrogens (tertiary/aromatic N) is 1. The van der Waals surface area contributed by atoms with Gasteiger partial charge in [0.2, 0.25) is 0 Å². The summed E-state index contributed by atoms with van der Waals surface area (Å²) in [7, 11) is 0. The Morgan fingerprint density at radius 2 is 2.05 bits per heavy atom. The number of aryl methyl sites for hydroxylation is 1. The molecule has 1 aromatic carbocycles. The van der Waals surface area contributed by atoms with Crippen molar-refractivity contribution in [3.05, 3.63) is 53.9 Å². The Labute approximate surface area is 114 Å². The van der Waals surface area contributed by atoms with Gasteiger partial charge in [0, 0.05) is 24.4 Å². The predicted molar refractivity (Wildman–Crippen MR) is 81.3 cm³/mol. The smallest absolute Gasteiger partial charge is 0.0576 e. The van der Waals surface area contributed by atoms with Gasteiger partial charge in [-0.25, -0.2) is 0 Å². The molecule has 3 N–H and O–H groups in total. The first-order chi connectivity index (χ1) is 8.99. The molecule has 0 saturated carbocycles. The summed E-state index contributed by atoms with van der Waals surface area (Å²) in [5.74, 6) is 0. The molecule has 3 heteroatoms. The van der Waals surface area contributed by atoms with Crippen molar-refractivity contribution in [1.82, 2.24) is 4.98 Å². The van der Waals surface area contributed by atoms with Crippen molar-refractivity contribution in [3.63, 3.8) is 0 Å². The van der Waals surface area contributed by atoms with Crippen molar-refractivity contribution in [2.24, 2.45) is 0 Å². The van der Waals surface area contributed by atoms with Gasteiger partial charge in [0.05, 0.1) is 11.4 Å². The Bertz CT molecular complexity index is 547. The molecule has 0 aliphatic rings. The van der Waals surface area contributed by atoms with Gasteiger partial charge < -0.3 is 11.1 Å². The number of benzene rings is 1. The number of hydrogen-bond acceptors (Lipinski definition) is 3. The highest BCUT2D eigenvalue weighted by Crippen LogP contribution is 2.25. The van der Waals surface area contributed by atoms with Gasteiger partial charge in [-0.05, 0) is 36.2 Å². The SMILES string of the molecule is Cc1ccc(N)c(NCC(C)(C)c2cccnc2)c1. The molecule has 0 unspecified atom stereocenters. The van der Waals surface area contributed by atoms with E-state index in [-0.39, 0.29) is 5.41 Å². The van der Waals surface area contributed by atoms with Crippen LogP contribution in [0.15, 0.2) is 42.7 Å². The van der Waals surface area contributed by atoms with Gasteiger partial charge in [0.25, 0.3) is 0 Å². The first kappa shape index (κ1) is 13.4. The maximum absolute atomic E-state index is 5.98. The minimum Gasteiger partial charge on any atom is -0.397 e. The molecule has 100 valence electrons. The number of nitrogen functional groups attached to an aromatic ring is 1. The largest absolute Gasteiger partial charge is 0.397 e. The van der Waals surface area contributed by atoms with Gasteiger partial charge in [-0.15, -0.1) is 0 Å². The van der Waals surface area contributed by atoms with Crippen molar-refractivity contribution in [2.45, 2.75) is 26.2 Å². The van der Waals surface area contributed by atoms with Crippen molar-refractivity contribution < 1.29 is 0 Å². The molecule has 1 aromatic heterocycles. The quantitative estimate of drug-likeness (QED) is 0.824. The lowest BCUT2D eigenvalue weighted by Crippen LogP contribution is -2.28. The Balaban J connectivity index is 2.12. The maximum Gasteiger partial charge on any atom is 0.0576 e. The highest BCUT2D eigenvalue weighted by Gasteiger charge is 2.20. The lowest BCUT2D eigenvalue weighted by atomic mass is 9.85. The summed E-state index contributed by atoms with van der Waals surface area (Å²) in [6.45, 7) is 7.27. The van der Waals surface area contributed by atoms with Crippen LogP contribution in [0.25, 0.3) is 0 Å². The zero-order valence-electron chi connectivity index (χ0n) is 11.8. The Hall–Kier alpha value is -2.03. The summed E-state index contributed by atoms with van der Waals surface area (Å²) in [5, 5.41) is 3.44. The van der Waals surface area contributed by atoms with E-state index in [1.807, 2.05) is 24.4 Å². The second-order valence-electron chi connectivity index (χ2n) is 5.57. The molecule has 3 nitrogen and oxygen atoms in total. The number of nitrogens with two attached hydrogens (primary N) is 1. The van der Waals surface area contributed by atoms with Crippen LogP contribution in [0.3, 0.4) is 0 Å². The predicted octanol–water partition coefficient (Wildman–Crippen LogP) is 3.36.